The molecule has 5 nitrogen and oxygen atoms in total. The fourth-order valence-corrected chi connectivity index (χ4v) is 1.32. The maximum absolute atomic E-state index is 11.8. The monoisotopic (exact) mass is 227 g/mol. The molecule has 0 aromatic carbocycles. The second-order valence-corrected chi connectivity index (χ2v) is 4.43. The molecule has 0 bridgehead atoms. The third kappa shape index (κ3) is 4.08. The first-order chi connectivity index (χ1) is 7.54. The molecule has 5 heteroatoms. The summed E-state index contributed by atoms with van der Waals surface area (Å²) in [5, 5.41) is 2.90. The summed E-state index contributed by atoms with van der Waals surface area (Å²) >= 11 is 0. The van der Waals surface area contributed by atoms with Gasteiger partial charge in [-0.2, -0.15) is 0 Å². The zero-order valence-corrected chi connectivity index (χ0v) is 10.3. The van der Waals surface area contributed by atoms with Crippen molar-refractivity contribution < 1.29 is 9.59 Å². The van der Waals surface area contributed by atoms with Crippen LogP contribution in [0.1, 0.15) is 26.2 Å². The standard InChI is InChI=1S/C11H21N3O2/c1-4-7-14(8-10(15)13(2)3)11(16)12-9-5-6-9/h9H,4-8H2,1-3H3,(H,12,16). The van der Waals surface area contributed by atoms with Crippen LogP contribution in [0.25, 0.3) is 0 Å². The number of carbonyl (C=O) groups is 2. The molecule has 0 heterocycles. The van der Waals surface area contributed by atoms with E-state index in [-0.39, 0.29) is 18.5 Å². The average molecular weight is 227 g/mol. The number of hydrogen-bond donors (Lipinski definition) is 1. The van der Waals surface area contributed by atoms with Crippen molar-refractivity contribution in [3.8, 4) is 0 Å². The minimum Gasteiger partial charge on any atom is -0.347 e. The first kappa shape index (κ1) is 12.8. The molecule has 0 atom stereocenters. The molecule has 1 aliphatic rings. The number of nitrogens with zero attached hydrogens (tertiary/aromatic N) is 2. The van der Waals surface area contributed by atoms with Gasteiger partial charge in [0.25, 0.3) is 0 Å². The van der Waals surface area contributed by atoms with Crippen LogP contribution in [0.3, 0.4) is 0 Å². The van der Waals surface area contributed by atoms with Crippen molar-refractivity contribution in [3.63, 3.8) is 0 Å². The summed E-state index contributed by atoms with van der Waals surface area (Å²) in [5.41, 5.74) is 0. The Morgan fingerprint density at radius 2 is 1.94 bits per heavy atom. The van der Waals surface area contributed by atoms with Crippen molar-refractivity contribution in [1.29, 1.82) is 0 Å². The van der Waals surface area contributed by atoms with E-state index in [0.29, 0.717) is 12.6 Å². The highest BCUT2D eigenvalue weighted by Crippen LogP contribution is 2.18. The van der Waals surface area contributed by atoms with Crippen LogP contribution in [0.2, 0.25) is 0 Å². The Balaban J connectivity index is 2.44. The van der Waals surface area contributed by atoms with Gasteiger partial charge in [0.05, 0.1) is 0 Å². The van der Waals surface area contributed by atoms with E-state index >= 15 is 0 Å². The predicted molar refractivity (Wildman–Crippen MR) is 62.1 cm³/mol. The lowest BCUT2D eigenvalue weighted by Crippen LogP contribution is -2.46. The Morgan fingerprint density at radius 3 is 2.38 bits per heavy atom. The quantitative estimate of drug-likeness (QED) is 0.750. The lowest BCUT2D eigenvalue weighted by molar-refractivity contribution is -0.129. The van der Waals surface area contributed by atoms with Crippen molar-refractivity contribution in [2.75, 3.05) is 27.2 Å². The maximum atomic E-state index is 11.8. The molecule has 3 amide bonds. The summed E-state index contributed by atoms with van der Waals surface area (Å²) < 4.78 is 0. The van der Waals surface area contributed by atoms with E-state index in [9.17, 15) is 9.59 Å². The Hall–Kier alpha value is -1.26. The molecule has 0 saturated heterocycles. The normalized spacial score (nSPS) is 14.4. The van der Waals surface area contributed by atoms with Gasteiger partial charge in [-0.05, 0) is 19.3 Å². The summed E-state index contributed by atoms with van der Waals surface area (Å²) in [4.78, 5) is 26.4. The number of rotatable bonds is 5. The van der Waals surface area contributed by atoms with Crippen LogP contribution in [0, 0.1) is 0 Å². The minimum absolute atomic E-state index is 0.0422. The molecule has 0 aromatic heterocycles. The smallest absolute Gasteiger partial charge is 0.318 e. The van der Waals surface area contributed by atoms with Crippen molar-refractivity contribution in [1.82, 2.24) is 15.1 Å². The lowest BCUT2D eigenvalue weighted by atomic mass is 10.4. The van der Waals surface area contributed by atoms with E-state index in [2.05, 4.69) is 5.32 Å². The highest BCUT2D eigenvalue weighted by atomic mass is 16.2. The van der Waals surface area contributed by atoms with E-state index in [4.69, 9.17) is 0 Å². The van der Waals surface area contributed by atoms with Crippen molar-refractivity contribution >= 4 is 11.9 Å². The molecule has 92 valence electrons. The van der Waals surface area contributed by atoms with Crippen molar-refractivity contribution in [2.45, 2.75) is 32.2 Å². The molecule has 1 rings (SSSR count). The fraction of sp³-hybridized carbons (Fsp3) is 0.818. The van der Waals surface area contributed by atoms with Crippen LogP contribution in [0.4, 0.5) is 4.79 Å². The van der Waals surface area contributed by atoms with Gasteiger partial charge in [-0.3, -0.25) is 4.79 Å². The van der Waals surface area contributed by atoms with Crippen LogP contribution < -0.4 is 5.32 Å². The molecule has 0 aromatic rings. The molecule has 0 radical (unpaired) electrons. The number of carbonyl (C=O) groups excluding carboxylic acids is 2. The summed E-state index contributed by atoms with van der Waals surface area (Å²) in [6.07, 6.45) is 2.99. The Bertz CT molecular complexity index is 262. The first-order valence-corrected chi connectivity index (χ1v) is 5.80. The van der Waals surface area contributed by atoms with E-state index in [1.165, 1.54) is 4.90 Å². The van der Waals surface area contributed by atoms with Gasteiger partial charge in [-0.1, -0.05) is 6.92 Å². The Kier molecular flexibility index (Phi) is 4.58. The summed E-state index contributed by atoms with van der Waals surface area (Å²) in [5.74, 6) is -0.0422. The van der Waals surface area contributed by atoms with Crippen LogP contribution in [0.15, 0.2) is 0 Å². The van der Waals surface area contributed by atoms with Gasteiger partial charge in [0.1, 0.15) is 6.54 Å². The molecular weight excluding hydrogens is 206 g/mol. The number of nitrogens with one attached hydrogen (secondary N) is 1. The second kappa shape index (κ2) is 5.72. The van der Waals surface area contributed by atoms with Crippen LogP contribution in [0.5, 0.6) is 0 Å². The van der Waals surface area contributed by atoms with Crippen LogP contribution in [-0.2, 0) is 4.79 Å². The van der Waals surface area contributed by atoms with Gasteiger partial charge in [-0.25, -0.2) is 4.79 Å². The maximum Gasteiger partial charge on any atom is 0.318 e. The molecule has 1 fully saturated rings. The van der Waals surface area contributed by atoms with Gasteiger partial charge in [0.15, 0.2) is 0 Å². The molecular formula is C11H21N3O2. The molecule has 0 aliphatic heterocycles. The average Bonchev–Trinajstić information content (AvgIpc) is 3.00. The zero-order chi connectivity index (χ0) is 12.1. The SMILES string of the molecule is CCCN(CC(=O)N(C)C)C(=O)NC1CC1. The molecule has 1 saturated carbocycles. The Labute approximate surface area is 96.8 Å². The summed E-state index contributed by atoms with van der Waals surface area (Å²) in [6, 6.07) is 0.223. The van der Waals surface area contributed by atoms with Crippen LogP contribution in [-0.4, -0.2) is 55.0 Å². The van der Waals surface area contributed by atoms with Crippen molar-refractivity contribution in [3.05, 3.63) is 0 Å². The fourth-order valence-electron chi connectivity index (χ4n) is 1.32. The van der Waals surface area contributed by atoms with E-state index in [1.54, 1.807) is 19.0 Å². The van der Waals surface area contributed by atoms with Gasteiger partial charge < -0.3 is 15.1 Å². The van der Waals surface area contributed by atoms with Crippen molar-refractivity contribution in [2.24, 2.45) is 0 Å². The number of hydrogen-bond acceptors (Lipinski definition) is 2. The number of amides is 3. The predicted octanol–water partition coefficient (Wildman–Crippen LogP) is 0.659. The van der Waals surface area contributed by atoms with E-state index in [1.807, 2.05) is 6.92 Å². The largest absolute Gasteiger partial charge is 0.347 e. The third-order valence-corrected chi connectivity index (χ3v) is 2.51. The molecule has 1 aliphatic carbocycles. The highest BCUT2D eigenvalue weighted by Gasteiger charge is 2.26. The van der Waals surface area contributed by atoms with Gasteiger partial charge in [-0.15, -0.1) is 0 Å². The number of urea groups is 1. The lowest BCUT2D eigenvalue weighted by Gasteiger charge is -2.23. The van der Waals surface area contributed by atoms with Crippen LogP contribution >= 0.6 is 0 Å². The molecule has 0 spiro atoms. The summed E-state index contributed by atoms with van der Waals surface area (Å²) in [6.45, 7) is 2.79. The topological polar surface area (TPSA) is 52.7 Å². The zero-order valence-electron chi connectivity index (χ0n) is 10.3. The van der Waals surface area contributed by atoms with E-state index < -0.39 is 0 Å². The van der Waals surface area contributed by atoms with E-state index in [0.717, 1.165) is 19.3 Å². The Morgan fingerprint density at radius 1 is 1.31 bits per heavy atom. The molecule has 16 heavy (non-hydrogen) atoms. The molecule has 1 N–H and O–H groups in total. The second-order valence-electron chi connectivity index (χ2n) is 4.43. The number of likely N-dealkylation sites (N-methyl/N-ethyl adjacent to an activating group) is 1. The van der Waals surface area contributed by atoms with Gasteiger partial charge >= 0.3 is 6.03 Å². The summed E-state index contributed by atoms with van der Waals surface area (Å²) in [7, 11) is 3.40. The minimum atomic E-state index is -0.112. The third-order valence-electron chi connectivity index (χ3n) is 2.51. The molecule has 0 unspecified atom stereocenters. The van der Waals surface area contributed by atoms with Gasteiger partial charge in [0, 0.05) is 26.7 Å². The highest BCUT2D eigenvalue weighted by molar-refractivity contribution is 5.84. The first-order valence-electron chi connectivity index (χ1n) is 5.80. The van der Waals surface area contributed by atoms with Gasteiger partial charge in [0.2, 0.25) is 5.91 Å².